The monoisotopic (exact) mass is 361 g/mol. The lowest BCUT2D eigenvalue weighted by Crippen LogP contribution is -2.14. The van der Waals surface area contributed by atoms with E-state index in [1.807, 2.05) is 30.3 Å². The van der Waals surface area contributed by atoms with Crippen LogP contribution >= 0.6 is 27.5 Å². The number of anilines is 1. The third-order valence-corrected chi connectivity index (χ3v) is 4.14. The van der Waals surface area contributed by atoms with E-state index in [1.165, 1.54) is 16.5 Å². The first-order valence-corrected chi connectivity index (χ1v) is 7.89. The highest BCUT2D eigenvalue weighted by Crippen LogP contribution is 2.21. The molecular formula is C17H15BrClN2+. The summed E-state index contributed by atoms with van der Waals surface area (Å²) in [5.41, 5.74) is 3.48. The summed E-state index contributed by atoms with van der Waals surface area (Å²) in [6.45, 7) is 2.87. The highest BCUT2D eigenvalue weighted by Gasteiger charge is 2.08. The molecule has 0 unspecified atom stereocenters. The van der Waals surface area contributed by atoms with Crippen LogP contribution in [-0.2, 0) is 6.54 Å². The van der Waals surface area contributed by atoms with Gasteiger partial charge in [0.25, 0.3) is 5.82 Å². The van der Waals surface area contributed by atoms with E-state index < -0.39 is 0 Å². The number of hydrogen-bond acceptors (Lipinski definition) is 1. The van der Waals surface area contributed by atoms with Crippen molar-refractivity contribution in [1.29, 1.82) is 0 Å². The maximum absolute atomic E-state index is 6.07. The van der Waals surface area contributed by atoms with Gasteiger partial charge in [0.05, 0.1) is 0 Å². The van der Waals surface area contributed by atoms with Crippen LogP contribution in [0.4, 0.5) is 5.82 Å². The lowest BCUT2D eigenvalue weighted by molar-refractivity contribution is -0.327. The Morgan fingerprint density at radius 3 is 2.81 bits per heavy atom. The number of rotatable bonds is 3. The number of pyridine rings is 1. The average Bonchev–Trinajstić information content (AvgIpc) is 2.45. The largest absolute Gasteiger partial charge is 0.273 e. The van der Waals surface area contributed by atoms with Crippen LogP contribution in [0.1, 0.15) is 11.1 Å². The molecule has 0 saturated carbocycles. The first-order chi connectivity index (χ1) is 10.1. The Hall–Kier alpha value is -1.58. The summed E-state index contributed by atoms with van der Waals surface area (Å²) in [5.74, 6) is 0.988. The van der Waals surface area contributed by atoms with Crippen LogP contribution in [0.3, 0.4) is 0 Å². The maximum Gasteiger partial charge on any atom is 0.273 e. The summed E-state index contributed by atoms with van der Waals surface area (Å²) >= 11 is 9.56. The molecule has 0 saturated heterocycles. The fourth-order valence-electron chi connectivity index (χ4n) is 2.38. The van der Waals surface area contributed by atoms with Crippen LogP contribution in [0.2, 0.25) is 5.02 Å². The summed E-state index contributed by atoms with van der Waals surface area (Å²) < 4.78 is 1.09. The number of fused-ring (bicyclic) bond motifs is 1. The predicted molar refractivity (Wildman–Crippen MR) is 91.7 cm³/mol. The summed E-state index contributed by atoms with van der Waals surface area (Å²) in [5, 5.41) is 5.35. The number of nitrogens with one attached hydrogen (secondary N) is 2. The normalized spacial score (nSPS) is 10.8. The van der Waals surface area contributed by atoms with Crippen molar-refractivity contribution in [1.82, 2.24) is 0 Å². The van der Waals surface area contributed by atoms with Crippen LogP contribution in [0.25, 0.3) is 10.9 Å². The third-order valence-electron chi connectivity index (χ3n) is 3.41. The van der Waals surface area contributed by atoms with Crippen molar-refractivity contribution >= 4 is 44.3 Å². The summed E-state index contributed by atoms with van der Waals surface area (Å²) in [7, 11) is 0. The standard InChI is InChI=1S/C17H14BrClN2/c1-11-7-17(20-10-12-3-2-4-13(18)8-12)21-16-9-14(19)5-6-15(11)16/h2-9H,10H2,1H3,(H,20,21)/p+1. The highest BCUT2D eigenvalue weighted by molar-refractivity contribution is 9.10. The maximum atomic E-state index is 6.07. The molecule has 2 nitrogen and oxygen atoms in total. The van der Waals surface area contributed by atoms with Gasteiger partial charge >= 0.3 is 0 Å². The van der Waals surface area contributed by atoms with Crippen molar-refractivity contribution in [2.45, 2.75) is 13.5 Å². The topological polar surface area (TPSA) is 26.2 Å². The van der Waals surface area contributed by atoms with Crippen molar-refractivity contribution in [3.8, 4) is 0 Å². The number of aromatic nitrogens is 1. The highest BCUT2D eigenvalue weighted by atomic mass is 79.9. The number of H-pyrrole nitrogens is 1. The van der Waals surface area contributed by atoms with Gasteiger partial charge in [0.1, 0.15) is 12.1 Å². The van der Waals surface area contributed by atoms with Gasteiger partial charge in [0.15, 0.2) is 0 Å². The molecule has 0 radical (unpaired) electrons. The molecule has 0 bridgehead atoms. The summed E-state index contributed by atoms with van der Waals surface area (Å²) in [6.07, 6.45) is 0. The second-order valence-electron chi connectivity index (χ2n) is 5.04. The minimum absolute atomic E-state index is 0.738. The third kappa shape index (κ3) is 3.36. The van der Waals surface area contributed by atoms with Gasteiger partial charge in [-0.15, -0.1) is 0 Å². The lowest BCUT2D eigenvalue weighted by Gasteiger charge is -2.05. The SMILES string of the molecule is Cc1cc(NCc2cccc(Br)c2)[nH+]c2cc(Cl)ccc12. The number of aromatic amines is 1. The van der Waals surface area contributed by atoms with E-state index in [-0.39, 0.29) is 0 Å². The van der Waals surface area contributed by atoms with E-state index in [0.29, 0.717) is 0 Å². The van der Waals surface area contributed by atoms with Gasteiger partial charge < -0.3 is 0 Å². The van der Waals surface area contributed by atoms with Crippen LogP contribution in [0.5, 0.6) is 0 Å². The van der Waals surface area contributed by atoms with E-state index in [1.54, 1.807) is 0 Å². The van der Waals surface area contributed by atoms with E-state index in [4.69, 9.17) is 11.6 Å². The molecule has 0 aliphatic rings. The van der Waals surface area contributed by atoms with Crippen LogP contribution in [0.15, 0.2) is 53.0 Å². The van der Waals surface area contributed by atoms with E-state index >= 15 is 0 Å². The zero-order valence-corrected chi connectivity index (χ0v) is 13.9. The summed E-state index contributed by atoms with van der Waals surface area (Å²) in [6, 6.07) is 16.3. The van der Waals surface area contributed by atoms with Crippen molar-refractivity contribution in [3.63, 3.8) is 0 Å². The van der Waals surface area contributed by atoms with Gasteiger partial charge in [0, 0.05) is 27.0 Å². The van der Waals surface area contributed by atoms with Crippen molar-refractivity contribution in [2.24, 2.45) is 0 Å². The van der Waals surface area contributed by atoms with E-state index in [2.05, 4.69) is 51.4 Å². The minimum Gasteiger partial charge on any atom is -0.270 e. The molecule has 3 aromatic rings. The van der Waals surface area contributed by atoms with Gasteiger partial charge in [-0.25, -0.2) is 4.98 Å². The van der Waals surface area contributed by atoms with Gasteiger partial charge in [-0.05, 0) is 42.3 Å². The molecular weight excluding hydrogens is 348 g/mol. The lowest BCUT2D eigenvalue weighted by atomic mass is 10.1. The molecule has 0 aliphatic heterocycles. The van der Waals surface area contributed by atoms with E-state index in [9.17, 15) is 0 Å². The van der Waals surface area contributed by atoms with Crippen molar-refractivity contribution in [3.05, 3.63) is 69.2 Å². The molecule has 0 amide bonds. The van der Waals surface area contributed by atoms with Crippen LogP contribution in [-0.4, -0.2) is 0 Å². The number of aryl methyl sites for hydroxylation is 1. The van der Waals surface area contributed by atoms with Gasteiger partial charge in [-0.3, -0.25) is 5.32 Å². The van der Waals surface area contributed by atoms with Gasteiger partial charge in [-0.1, -0.05) is 39.7 Å². The molecule has 1 aromatic heterocycles. The molecule has 106 valence electrons. The molecule has 0 aliphatic carbocycles. The molecule has 21 heavy (non-hydrogen) atoms. The molecule has 0 fully saturated rings. The van der Waals surface area contributed by atoms with Gasteiger partial charge in [-0.2, -0.15) is 0 Å². The molecule has 0 atom stereocenters. The first-order valence-electron chi connectivity index (χ1n) is 6.72. The minimum atomic E-state index is 0.738. The fraction of sp³-hybridized carbons (Fsp3) is 0.118. The quantitative estimate of drug-likeness (QED) is 0.698. The predicted octanol–water partition coefficient (Wildman–Crippen LogP) is 4.99. The molecule has 3 rings (SSSR count). The average molecular weight is 363 g/mol. The Labute approximate surface area is 137 Å². The Morgan fingerprint density at radius 2 is 2.00 bits per heavy atom. The Balaban J connectivity index is 1.87. The van der Waals surface area contributed by atoms with Crippen LogP contribution < -0.4 is 10.3 Å². The fourth-order valence-corrected chi connectivity index (χ4v) is 3.00. The Bertz CT molecular complexity index is 802. The number of hydrogen-bond donors (Lipinski definition) is 1. The molecule has 4 heteroatoms. The number of halogens is 2. The number of benzene rings is 2. The second kappa shape index (κ2) is 6.04. The van der Waals surface area contributed by atoms with Gasteiger partial charge in [0.2, 0.25) is 0 Å². The molecule has 1 heterocycles. The Morgan fingerprint density at radius 1 is 1.14 bits per heavy atom. The first kappa shape index (κ1) is 14.4. The zero-order chi connectivity index (χ0) is 14.8. The van der Waals surface area contributed by atoms with E-state index in [0.717, 1.165) is 27.4 Å². The molecule has 0 spiro atoms. The summed E-state index contributed by atoms with van der Waals surface area (Å²) in [4.78, 5) is 3.39. The van der Waals surface area contributed by atoms with Crippen LogP contribution in [0, 0.1) is 6.92 Å². The zero-order valence-electron chi connectivity index (χ0n) is 11.6. The molecule has 2 aromatic carbocycles. The second-order valence-corrected chi connectivity index (χ2v) is 6.39. The van der Waals surface area contributed by atoms with Crippen molar-refractivity contribution < 1.29 is 4.98 Å². The smallest absolute Gasteiger partial charge is 0.270 e. The van der Waals surface area contributed by atoms with Crippen molar-refractivity contribution in [2.75, 3.05) is 5.32 Å². The molecule has 2 N–H and O–H groups in total. The Kier molecular flexibility index (Phi) is 4.13.